The highest BCUT2D eigenvalue weighted by molar-refractivity contribution is 7.92. The molecule has 1 fully saturated rings. The molecule has 1 aliphatic heterocycles. The maximum atomic E-state index is 12.1. The Kier molecular flexibility index (Phi) is 5.55. The van der Waals surface area contributed by atoms with Crippen molar-refractivity contribution in [3.8, 4) is 0 Å². The lowest BCUT2D eigenvalue weighted by Crippen LogP contribution is -2.47. The summed E-state index contributed by atoms with van der Waals surface area (Å²) >= 11 is 0. The van der Waals surface area contributed by atoms with E-state index in [1.54, 1.807) is 0 Å². The van der Waals surface area contributed by atoms with Gasteiger partial charge < -0.3 is 15.3 Å². The molecule has 106 valence electrons. The van der Waals surface area contributed by atoms with Crippen LogP contribution >= 0.6 is 0 Å². The Morgan fingerprint density at radius 1 is 1.56 bits per heavy atom. The third-order valence-electron chi connectivity index (χ3n) is 3.27. The third-order valence-corrected chi connectivity index (χ3v) is 4.76. The van der Waals surface area contributed by atoms with E-state index in [9.17, 15) is 13.2 Å². The van der Waals surface area contributed by atoms with Gasteiger partial charge in [-0.2, -0.15) is 0 Å². The number of nitrogens with zero attached hydrogens (tertiary/aromatic N) is 1. The maximum absolute atomic E-state index is 12.1. The number of hydrogen-bond donors (Lipinski definition) is 2. The summed E-state index contributed by atoms with van der Waals surface area (Å²) in [7, 11) is -3.39. The largest absolute Gasteiger partial charge is 0.395 e. The molecule has 0 aromatic rings. The van der Waals surface area contributed by atoms with E-state index in [-0.39, 0.29) is 19.2 Å². The number of hydrogen-bond acceptors (Lipinski definition) is 5. The van der Waals surface area contributed by atoms with Crippen molar-refractivity contribution in [1.29, 1.82) is 0 Å². The second-order valence-corrected chi connectivity index (χ2v) is 7.14. The van der Waals surface area contributed by atoms with Crippen LogP contribution in [0.15, 0.2) is 0 Å². The van der Waals surface area contributed by atoms with E-state index in [0.717, 1.165) is 25.6 Å². The minimum atomic E-state index is -3.39. The third kappa shape index (κ3) is 4.22. The predicted molar refractivity (Wildman–Crippen MR) is 69.0 cm³/mol. The molecule has 0 aliphatic carbocycles. The summed E-state index contributed by atoms with van der Waals surface area (Å²) in [6, 6.07) is 0.201. The molecule has 1 rings (SSSR count). The molecule has 1 aliphatic rings. The van der Waals surface area contributed by atoms with Gasteiger partial charge in [0.15, 0.2) is 9.84 Å². The lowest BCUT2D eigenvalue weighted by molar-refractivity contribution is -0.131. The average Bonchev–Trinajstić information content (AvgIpc) is 2.78. The molecule has 0 aromatic heterocycles. The van der Waals surface area contributed by atoms with Crippen LogP contribution in [0, 0.1) is 0 Å². The van der Waals surface area contributed by atoms with Crippen molar-refractivity contribution < 1.29 is 18.3 Å². The minimum absolute atomic E-state index is 0.158. The average molecular weight is 278 g/mol. The lowest BCUT2D eigenvalue weighted by Gasteiger charge is -2.27. The lowest BCUT2D eigenvalue weighted by atomic mass is 10.2. The Balaban J connectivity index is 2.67. The van der Waals surface area contributed by atoms with Crippen LogP contribution in [0.5, 0.6) is 0 Å². The molecule has 0 spiro atoms. The molecule has 1 heterocycles. The molecule has 2 N–H and O–H groups in total. The van der Waals surface area contributed by atoms with E-state index < -0.39 is 21.0 Å². The van der Waals surface area contributed by atoms with Gasteiger partial charge in [-0.1, -0.05) is 0 Å². The highest BCUT2D eigenvalue weighted by atomic mass is 32.2. The zero-order valence-electron chi connectivity index (χ0n) is 10.9. The van der Waals surface area contributed by atoms with Gasteiger partial charge in [0.25, 0.3) is 0 Å². The van der Waals surface area contributed by atoms with E-state index in [4.69, 9.17) is 5.11 Å². The van der Waals surface area contributed by atoms with Crippen LogP contribution in [-0.2, 0) is 14.6 Å². The molecule has 2 atom stereocenters. The molecule has 1 amide bonds. The normalized spacial score (nSPS) is 21.8. The Labute approximate surface area is 108 Å². The van der Waals surface area contributed by atoms with Crippen LogP contribution < -0.4 is 5.32 Å². The summed E-state index contributed by atoms with van der Waals surface area (Å²) in [5.74, 6) is -0.430. The number of carbonyl (C=O) groups excluding carboxylic acids is 1. The van der Waals surface area contributed by atoms with Crippen molar-refractivity contribution in [2.24, 2.45) is 0 Å². The zero-order valence-corrected chi connectivity index (χ0v) is 11.7. The van der Waals surface area contributed by atoms with Gasteiger partial charge in [0.2, 0.25) is 5.91 Å². The second-order valence-electron chi connectivity index (χ2n) is 4.77. The molecule has 1 saturated heterocycles. The van der Waals surface area contributed by atoms with Crippen molar-refractivity contribution in [3.05, 3.63) is 0 Å². The molecular formula is C11H22N2O4S. The number of carbonyl (C=O) groups is 1. The van der Waals surface area contributed by atoms with Crippen molar-refractivity contribution >= 4 is 15.7 Å². The topological polar surface area (TPSA) is 86.7 Å². The van der Waals surface area contributed by atoms with Crippen molar-refractivity contribution in [3.63, 3.8) is 0 Å². The Bertz CT molecular complexity index is 377. The SMILES string of the molecule is CC(C(=O)N(CCO)CC1CCCN1)S(C)(=O)=O. The highest BCUT2D eigenvalue weighted by Gasteiger charge is 2.30. The van der Waals surface area contributed by atoms with E-state index in [0.29, 0.717) is 6.54 Å². The van der Waals surface area contributed by atoms with Crippen LogP contribution in [0.25, 0.3) is 0 Å². The fourth-order valence-electron chi connectivity index (χ4n) is 2.03. The van der Waals surface area contributed by atoms with Crippen LogP contribution in [-0.4, -0.2) is 68.1 Å². The minimum Gasteiger partial charge on any atom is -0.395 e. The highest BCUT2D eigenvalue weighted by Crippen LogP contribution is 2.10. The summed E-state index contributed by atoms with van der Waals surface area (Å²) in [6.45, 7) is 2.79. The summed E-state index contributed by atoms with van der Waals surface area (Å²) in [5.41, 5.74) is 0. The number of rotatable bonds is 6. The first-order chi connectivity index (χ1) is 8.36. The molecule has 0 aromatic carbocycles. The van der Waals surface area contributed by atoms with Crippen LogP contribution in [0.4, 0.5) is 0 Å². The molecular weight excluding hydrogens is 256 g/mol. The molecule has 2 unspecified atom stereocenters. The van der Waals surface area contributed by atoms with Gasteiger partial charge in [-0.15, -0.1) is 0 Å². The predicted octanol–water partition coefficient (Wildman–Crippen LogP) is -1.01. The summed E-state index contributed by atoms with van der Waals surface area (Å²) in [5, 5.41) is 11.2. The van der Waals surface area contributed by atoms with Crippen LogP contribution in [0.3, 0.4) is 0 Å². The fourth-order valence-corrected chi connectivity index (χ4v) is 2.55. The molecule has 0 saturated carbocycles. The van der Waals surface area contributed by atoms with Gasteiger partial charge in [0, 0.05) is 25.4 Å². The van der Waals surface area contributed by atoms with Gasteiger partial charge in [-0.3, -0.25) is 4.79 Å². The second kappa shape index (κ2) is 6.49. The first kappa shape index (κ1) is 15.4. The van der Waals surface area contributed by atoms with Gasteiger partial charge in [0.1, 0.15) is 5.25 Å². The van der Waals surface area contributed by atoms with E-state index >= 15 is 0 Å². The summed E-state index contributed by atoms with van der Waals surface area (Å²) in [4.78, 5) is 13.5. The molecule has 18 heavy (non-hydrogen) atoms. The first-order valence-electron chi connectivity index (χ1n) is 6.18. The van der Waals surface area contributed by atoms with E-state index in [1.807, 2.05) is 0 Å². The van der Waals surface area contributed by atoms with Gasteiger partial charge >= 0.3 is 0 Å². The Hall–Kier alpha value is -0.660. The first-order valence-corrected chi connectivity index (χ1v) is 8.13. The fraction of sp³-hybridized carbons (Fsp3) is 0.909. The standard InChI is InChI=1S/C11H22N2O4S/c1-9(18(2,16)17)11(15)13(6-7-14)8-10-4-3-5-12-10/h9-10,12,14H,3-8H2,1-2H3. The molecule has 6 nitrogen and oxygen atoms in total. The van der Waals surface area contributed by atoms with Crippen molar-refractivity contribution in [2.45, 2.75) is 31.1 Å². The monoisotopic (exact) mass is 278 g/mol. The van der Waals surface area contributed by atoms with Gasteiger partial charge in [-0.05, 0) is 26.3 Å². The number of amides is 1. The number of aliphatic hydroxyl groups excluding tert-OH is 1. The summed E-state index contributed by atoms with van der Waals surface area (Å²) in [6.07, 6.45) is 3.09. The maximum Gasteiger partial charge on any atom is 0.240 e. The van der Waals surface area contributed by atoms with Gasteiger partial charge in [-0.25, -0.2) is 8.42 Å². The van der Waals surface area contributed by atoms with Crippen LogP contribution in [0.1, 0.15) is 19.8 Å². The van der Waals surface area contributed by atoms with E-state index in [2.05, 4.69) is 5.32 Å². The van der Waals surface area contributed by atoms with Crippen molar-refractivity contribution in [2.75, 3.05) is 32.5 Å². The number of nitrogens with one attached hydrogen (secondary N) is 1. The number of sulfone groups is 1. The van der Waals surface area contributed by atoms with Crippen LogP contribution in [0.2, 0.25) is 0 Å². The summed E-state index contributed by atoms with van der Waals surface area (Å²) < 4.78 is 22.8. The molecule has 0 bridgehead atoms. The van der Waals surface area contributed by atoms with Crippen molar-refractivity contribution in [1.82, 2.24) is 10.2 Å². The quantitative estimate of drug-likeness (QED) is 0.650. The Morgan fingerprint density at radius 3 is 2.67 bits per heavy atom. The zero-order chi connectivity index (χ0) is 13.8. The Morgan fingerprint density at radius 2 is 2.22 bits per heavy atom. The van der Waals surface area contributed by atoms with E-state index in [1.165, 1.54) is 11.8 Å². The number of aliphatic hydroxyl groups is 1. The molecule has 7 heteroatoms. The van der Waals surface area contributed by atoms with Gasteiger partial charge in [0.05, 0.1) is 6.61 Å². The smallest absolute Gasteiger partial charge is 0.240 e. The molecule has 0 radical (unpaired) electrons.